The highest BCUT2D eigenvalue weighted by Gasteiger charge is 2.22. The molecule has 1 aliphatic heterocycles. The van der Waals surface area contributed by atoms with Gasteiger partial charge in [0.25, 0.3) is 0 Å². The lowest BCUT2D eigenvalue weighted by atomic mass is 9.88. The number of rotatable bonds is 6. The van der Waals surface area contributed by atoms with Gasteiger partial charge in [0.1, 0.15) is 0 Å². The van der Waals surface area contributed by atoms with E-state index in [0.29, 0.717) is 24.9 Å². The summed E-state index contributed by atoms with van der Waals surface area (Å²) in [5, 5.41) is 5.84. The zero-order valence-electron chi connectivity index (χ0n) is 17.3. The van der Waals surface area contributed by atoms with Crippen molar-refractivity contribution in [2.45, 2.75) is 55.9 Å². The number of carbonyl (C=O) groups excluding carboxylic acids is 2. The van der Waals surface area contributed by atoms with Gasteiger partial charge in [0, 0.05) is 25.1 Å². The van der Waals surface area contributed by atoms with Crippen LogP contribution in [-0.2, 0) is 32.5 Å². The van der Waals surface area contributed by atoms with E-state index in [2.05, 4.69) is 21.4 Å². The highest BCUT2D eigenvalue weighted by Crippen LogP contribution is 2.29. The van der Waals surface area contributed by atoms with Crippen LogP contribution in [0.2, 0.25) is 0 Å². The number of aryl methyl sites for hydroxylation is 2. The molecule has 0 saturated heterocycles. The third-order valence-corrected chi connectivity index (χ3v) is 7.32. The maximum Gasteiger partial charge on any atom is 0.240 e. The standard InChI is InChI=1S/C23H27N3O4S/c27-22-10-4-7-17-15-18(11-12-20(17)25-22)31(29,30)24-14-13-23(28)26-21-9-3-6-16-5-1-2-8-19(16)21/h1-2,5,8,11-12,15,21,24H,3-4,6-7,9-10,13-14H2,(H,25,27)(H,26,28). The average Bonchev–Trinajstić information content (AvgIpc) is 2.93. The summed E-state index contributed by atoms with van der Waals surface area (Å²) in [6.07, 6.45) is 4.75. The predicted octanol–water partition coefficient (Wildman–Crippen LogP) is 2.82. The Morgan fingerprint density at radius 3 is 2.71 bits per heavy atom. The number of sulfonamides is 1. The van der Waals surface area contributed by atoms with Crippen molar-refractivity contribution in [2.75, 3.05) is 11.9 Å². The number of hydrogen-bond donors (Lipinski definition) is 3. The molecule has 0 radical (unpaired) electrons. The second kappa shape index (κ2) is 9.20. The number of hydrogen-bond acceptors (Lipinski definition) is 4. The molecule has 0 saturated carbocycles. The van der Waals surface area contributed by atoms with Gasteiger partial charge >= 0.3 is 0 Å². The van der Waals surface area contributed by atoms with Crippen LogP contribution in [0.4, 0.5) is 5.69 Å². The Kier molecular flexibility index (Phi) is 6.38. The van der Waals surface area contributed by atoms with Crippen molar-refractivity contribution >= 4 is 27.5 Å². The van der Waals surface area contributed by atoms with E-state index in [1.807, 2.05) is 18.2 Å². The van der Waals surface area contributed by atoms with Gasteiger partial charge in [-0.1, -0.05) is 24.3 Å². The van der Waals surface area contributed by atoms with Gasteiger partial charge in [-0.05, 0) is 67.0 Å². The van der Waals surface area contributed by atoms with Crippen LogP contribution in [0, 0.1) is 0 Å². The van der Waals surface area contributed by atoms with Gasteiger partial charge in [-0.3, -0.25) is 9.59 Å². The minimum atomic E-state index is -3.74. The summed E-state index contributed by atoms with van der Waals surface area (Å²) < 4.78 is 27.9. The molecular weight excluding hydrogens is 414 g/mol. The SMILES string of the molecule is O=C1CCCc2cc(S(=O)(=O)NCCC(=O)NC3CCCc4ccccc43)ccc2N1. The average molecular weight is 442 g/mol. The molecule has 164 valence electrons. The van der Waals surface area contributed by atoms with Gasteiger partial charge < -0.3 is 10.6 Å². The van der Waals surface area contributed by atoms with Crippen molar-refractivity contribution < 1.29 is 18.0 Å². The number of benzene rings is 2. The van der Waals surface area contributed by atoms with Crippen LogP contribution < -0.4 is 15.4 Å². The second-order valence-electron chi connectivity index (χ2n) is 8.08. The molecule has 1 heterocycles. The minimum absolute atomic E-state index is 0.0196. The molecule has 1 unspecified atom stereocenters. The first-order chi connectivity index (χ1) is 14.9. The molecule has 31 heavy (non-hydrogen) atoms. The van der Waals surface area contributed by atoms with Gasteiger partial charge in [-0.15, -0.1) is 0 Å². The number of nitrogens with one attached hydrogen (secondary N) is 3. The van der Waals surface area contributed by atoms with E-state index in [1.54, 1.807) is 12.1 Å². The van der Waals surface area contributed by atoms with E-state index in [-0.39, 0.29) is 35.7 Å². The maximum atomic E-state index is 12.7. The first-order valence-corrected chi connectivity index (χ1v) is 12.2. The Hall–Kier alpha value is -2.71. The van der Waals surface area contributed by atoms with Crippen LogP contribution >= 0.6 is 0 Å². The summed E-state index contributed by atoms with van der Waals surface area (Å²) in [4.78, 5) is 24.2. The Balaban J connectivity index is 1.34. The van der Waals surface area contributed by atoms with E-state index in [4.69, 9.17) is 0 Å². The van der Waals surface area contributed by atoms with E-state index < -0.39 is 10.0 Å². The van der Waals surface area contributed by atoms with Crippen molar-refractivity contribution in [3.8, 4) is 0 Å². The second-order valence-corrected chi connectivity index (χ2v) is 9.85. The topological polar surface area (TPSA) is 104 Å². The lowest BCUT2D eigenvalue weighted by Gasteiger charge is -2.26. The number of amides is 2. The largest absolute Gasteiger partial charge is 0.349 e. The molecule has 2 aromatic carbocycles. The van der Waals surface area contributed by atoms with Crippen LogP contribution in [-0.4, -0.2) is 26.8 Å². The Bertz CT molecular complexity index is 1100. The first kappa shape index (κ1) is 21.5. The molecule has 3 N–H and O–H groups in total. The lowest BCUT2D eigenvalue weighted by Crippen LogP contribution is -2.34. The van der Waals surface area contributed by atoms with E-state index in [0.717, 1.165) is 30.4 Å². The molecule has 0 aromatic heterocycles. The van der Waals surface area contributed by atoms with Crippen molar-refractivity contribution in [1.29, 1.82) is 0 Å². The van der Waals surface area contributed by atoms with Crippen LogP contribution in [0.25, 0.3) is 0 Å². The van der Waals surface area contributed by atoms with Gasteiger partial charge in [0.2, 0.25) is 21.8 Å². The molecule has 8 heteroatoms. The van der Waals surface area contributed by atoms with Crippen molar-refractivity contribution in [3.63, 3.8) is 0 Å². The predicted molar refractivity (Wildman–Crippen MR) is 118 cm³/mol. The highest BCUT2D eigenvalue weighted by atomic mass is 32.2. The molecule has 1 atom stereocenters. The van der Waals surface area contributed by atoms with Gasteiger partial charge in [0.15, 0.2) is 0 Å². The fraction of sp³-hybridized carbons (Fsp3) is 0.391. The molecule has 2 aliphatic rings. The zero-order valence-corrected chi connectivity index (χ0v) is 18.1. The number of carbonyl (C=O) groups is 2. The van der Waals surface area contributed by atoms with E-state index >= 15 is 0 Å². The quantitative estimate of drug-likeness (QED) is 0.641. The summed E-state index contributed by atoms with van der Waals surface area (Å²) in [6.45, 7) is 0.0242. The van der Waals surface area contributed by atoms with Gasteiger partial charge in [0.05, 0.1) is 10.9 Å². The molecular formula is C23H27N3O4S. The van der Waals surface area contributed by atoms with Crippen molar-refractivity contribution in [3.05, 3.63) is 59.2 Å². The van der Waals surface area contributed by atoms with Crippen LogP contribution in [0.1, 0.15) is 54.8 Å². The minimum Gasteiger partial charge on any atom is -0.349 e. The summed E-state index contributed by atoms with van der Waals surface area (Å²) >= 11 is 0. The van der Waals surface area contributed by atoms with Crippen LogP contribution in [0.15, 0.2) is 47.4 Å². The first-order valence-electron chi connectivity index (χ1n) is 10.7. The Morgan fingerprint density at radius 1 is 1.03 bits per heavy atom. The Morgan fingerprint density at radius 2 is 1.84 bits per heavy atom. The molecule has 4 rings (SSSR count). The third kappa shape index (κ3) is 5.14. The fourth-order valence-corrected chi connectivity index (χ4v) is 5.35. The zero-order chi connectivity index (χ0) is 21.8. The Labute approximate surface area is 182 Å². The van der Waals surface area contributed by atoms with Crippen LogP contribution in [0.5, 0.6) is 0 Å². The van der Waals surface area contributed by atoms with Gasteiger partial charge in [-0.25, -0.2) is 13.1 Å². The van der Waals surface area contributed by atoms with E-state index in [9.17, 15) is 18.0 Å². The van der Waals surface area contributed by atoms with Gasteiger partial charge in [-0.2, -0.15) is 0 Å². The summed E-state index contributed by atoms with van der Waals surface area (Å²) in [5.41, 5.74) is 3.88. The summed E-state index contributed by atoms with van der Waals surface area (Å²) in [5.74, 6) is -0.229. The molecule has 0 fully saturated rings. The number of anilines is 1. The smallest absolute Gasteiger partial charge is 0.240 e. The molecule has 2 aromatic rings. The maximum absolute atomic E-state index is 12.7. The third-order valence-electron chi connectivity index (χ3n) is 5.86. The lowest BCUT2D eigenvalue weighted by molar-refractivity contribution is -0.121. The summed E-state index contributed by atoms with van der Waals surface area (Å²) in [7, 11) is -3.74. The number of fused-ring (bicyclic) bond motifs is 2. The van der Waals surface area contributed by atoms with Crippen molar-refractivity contribution in [2.24, 2.45) is 0 Å². The molecule has 2 amide bonds. The highest BCUT2D eigenvalue weighted by molar-refractivity contribution is 7.89. The molecule has 0 bridgehead atoms. The van der Waals surface area contributed by atoms with E-state index in [1.165, 1.54) is 11.6 Å². The molecule has 1 aliphatic carbocycles. The van der Waals surface area contributed by atoms with Crippen LogP contribution in [0.3, 0.4) is 0 Å². The molecule has 7 nitrogen and oxygen atoms in total. The van der Waals surface area contributed by atoms with Crippen molar-refractivity contribution in [1.82, 2.24) is 10.0 Å². The summed E-state index contributed by atoms with van der Waals surface area (Å²) in [6, 6.07) is 12.8. The monoisotopic (exact) mass is 441 g/mol. The normalized spacial score (nSPS) is 18.3. The fourth-order valence-electron chi connectivity index (χ4n) is 4.27. The molecule has 0 spiro atoms.